The average Bonchev–Trinajstić information content (AvgIpc) is 2.94. The smallest absolute Gasteiger partial charge is 0.315 e. The second-order valence-electron chi connectivity index (χ2n) is 7.23. The third kappa shape index (κ3) is 5.07. The van der Waals surface area contributed by atoms with E-state index in [1.165, 1.54) is 32.1 Å². The molecule has 6 heteroatoms. The summed E-state index contributed by atoms with van der Waals surface area (Å²) in [5, 5.41) is 10.5. The van der Waals surface area contributed by atoms with Crippen LogP contribution in [0.3, 0.4) is 0 Å². The second-order valence-corrected chi connectivity index (χ2v) is 7.23. The van der Waals surface area contributed by atoms with E-state index in [1.54, 1.807) is 6.20 Å². The summed E-state index contributed by atoms with van der Waals surface area (Å²) in [5.74, 6) is 0.790. The van der Waals surface area contributed by atoms with Gasteiger partial charge >= 0.3 is 6.03 Å². The van der Waals surface area contributed by atoms with E-state index in [-0.39, 0.29) is 6.03 Å². The van der Waals surface area contributed by atoms with Gasteiger partial charge in [-0.15, -0.1) is 0 Å². The van der Waals surface area contributed by atoms with Crippen LogP contribution in [0.2, 0.25) is 0 Å². The molecule has 2 aromatic rings. The lowest BCUT2D eigenvalue weighted by atomic mass is 9.97. The molecule has 0 spiro atoms. The summed E-state index contributed by atoms with van der Waals surface area (Å²) in [6.45, 7) is 4.45. The van der Waals surface area contributed by atoms with E-state index in [9.17, 15) is 4.79 Å². The fourth-order valence-corrected chi connectivity index (χ4v) is 3.53. The molecule has 2 heterocycles. The van der Waals surface area contributed by atoms with Gasteiger partial charge in [0.2, 0.25) is 0 Å². The maximum atomic E-state index is 12.2. The third-order valence-corrected chi connectivity index (χ3v) is 4.93. The predicted molar refractivity (Wildman–Crippen MR) is 102 cm³/mol. The minimum atomic E-state index is -0.0850. The number of rotatable bonds is 4. The van der Waals surface area contributed by atoms with Gasteiger partial charge in [-0.1, -0.05) is 38.2 Å². The second kappa shape index (κ2) is 8.83. The monoisotopic (exact) mass is 355 g/mol. The Morgan fingerprint density at radius 1 is 1.15 bits per heavy atom. The first-order valence-electron chi connectivity index (χ1n) is 9.65. The van der Waals surface area contributed by atoms with Crippen molar-refractivity contribution >= 4 is 6.03 Å². The van der Waals surface area contributed by atoms with Crippen LogP contribution >= 0.6 is 0 Å². The highest BCUT2D eigenvalue weighted by atomic mass is 16.2. The number of amides is 2. The minimum absolute atomic E-state index is 0.0850. The van der Waals surface area contributed by atoms with Gasteiger partial charge in [-0.3, -0.25) is 0 Å². The Bertz CT molecular complexity index is 714. The standard InChI is InChI=1S/C20H29N5O/c1-15-12-16(2)25(24-15)19-11-10-17(13-21-19)14-22-20(26)23-18-8-6-4-3-5-7-9-18/h10-13,18H,3-9,14H2,1-2H3,(H2,22,23,26). The van der Waals surface area contributed by atoms with Crippen LogP contribution in [0.25, 0.3) is 5.82 Å². The van der Waals surface area contributed by atoms with Crippen molar-refractivity contribution in [3.8, 4) is 5.82 Å². The lowest BCUT2D eigenvalue weighted by molar-refractivity contribution is 0.233. The molecule has 140 valence electrons. The van der Waals surface area contributed by atoms with Crippen LogP contribution in [-0.2, 0) is 6.54 Å². The van der Waals surface area contributed by atoms with Crippen molar-refractivity contribution < 1.29 is 4.79 Å². The molecule has 1 aliphatic carbocycles. The molecule has 1 fully saturated rings. The van der Waals surface area contributed by atoms with E-state index in [4.69, 9.17) is 0 Å². The molecule has 0 bridgehead atoms. The number of carbonyl (C=O) groups is 1. The van der Waals surface area contributed by atoms with E-state index in [1.807, 2.05) is 36.7 Å². The number of pyridine rings is 1. The number of hydrogen-bond acceptors (Lipinski definition) is 3. The van der Waals surface area contributed by atoms with Gasteiger partial charge in [-0.05, 0) is 44.4 Å². The highest BCUT2D eigenvalue weighted by molar-refractivity contribution is 5.74. The Morgan fingerprint density at radius 3 is 2.50 bits per heavy atom. The Labute approximate surface area is 155 Å². The Morgan fingerprint density at radius 2 is 1.88 bits per heavy atom. The maximum absolute atomic E-state index is 12.2. The van der Waals surface area contributed by atoms with E-state index in [0.29, 0.717) is 12.6 Å². The Kier molecular flexibility index (Phi) is 6.26. The maximum Gasteiger partial charge on any atom is 0.315 e. The van der Waals surface area contributed by atoms with Crippen LogP contribution < -0.4 is 10.6 Å². The molecule has 1 aliphatic rings. The molecule has 1 saturated carbocycles. The summed E-state index contributed by atoms with van der Waals surface area (Å²) in [6, 6.07) is 6.16. The first-order chi connectivity index (χ1) is 12.6. The summed E-state index contributed by atoms with van der Waals surface area (Å²) in [4.78, 5) is 16.6. The molecule has 2 amide bonds. The van der Waals surface area contributed by atoms with Crippen molar-refractivity contribution in [1.82, 2.24) is 25.4 Å². The van der Waals surface area contributed by atoms with Crippen molar-refractivity contribution in [1.29, 1.82) is 0 Å². The van der Waals surface area contributed by atoms with Crippen LogP contribution in [0.5, 0.6) is 0 Å². The van der Waals surface area contributed by atoms with E-state index in [0.717, 1.165) is 35.6 Å². The molecule has 0 saturated heterocycles. The van der Waals surface area contributed by atoms with Crippen molar-refractivity contribution in [2.45, 2.75) is 71.4 Å². The first-order valence-corrected chi connectivity index (χ1v) is 9.65. The zero-order chi connectivity index (χ0) is 18.4. The fraction of sp³-hybridized carbons (Fsp3) is 0.550. The highest BCUT2D eigenvalue weighted by Gasteiger charge is 2.13. The van der Waals surface area contributed by atoms with Crippen molar-refractivity contribution in [3.05, 3.63) is 41.3 Å². The molecule has 0 unspecified atom stereocenters. The van der Waals surface area contributed by atoms with Gasteiger partial charge in [0.15, 0.2) is 5.82 Å². The topological polar surface area (TPSA) is 71.8 Å². The van der Waals surface area contributed by atoms with Gasteiger partial charge < -0.3 is 10.6 Å². The molecule has 3 rings (SSSR count). The number of nitrogens with zero attached hydrogens (tertiary/aromatic N) is 3. The average molecular weight is 355 g/mol. The molecule has 0 atom stereocenters. The van der Waals surface area contributed by atoms with Gasteiger partial charge in [0.1, 0.15) is 0 Å². The molecule has 26 heavy (non-hydrogen) atoms. The minimum Gasteiger partial charge on any atom is -0.335 e. The summed E-state index contributed by atoms with van der Waals surface area (Å²) in [6.07, 6.45) is 10.3. The van der Waals surface area contributed by atoms with Gasteiger partial charge in [0.05, 0.1) is 5.69 Å². The quantitative estimate of drug-likeness (QED) is 0.876. The molecule has 0 aliphatic heterocycles. The van der Waals surface area contributed by atoms with Crippen molar-refractivity contribution in [2.24, 2.45) is 0 Å². The third-order valence-electron chi connectivity index (χ3n) is 4.93. The normalized spacial score (nSPS) is 15.9. The molecular formula is C20H29N5O. The summed E-state index contributed by atoms with van der Waals surface area (Å²) >= 11 is 0. The Balaban J connectivity index is 1.49. The number of hydrogen-bond donors (Lipinski definition) is 2. The van der Waals surface area contributed by atoms with E-state index < -0.39 is 0 Å². The zero-order valence-electron chi connectivity index (χ0n) is 15.8. The van der Waals surface area contributed by atoms with Gasteiger partial charge in [0.25, 0.3) is 0 Å². The van der Waals surface area contributed by atoms with Crippen LogP contribution in [0.15, 0.2) is 24.4 Å². The fourth-order valence-electron chi connectivity index (χ4n) is 3.53. The molecule has 2 aromatic heterocycles. The number of carbonyl (C=O) groups excluding carboxylic acids is 1. The van der Waals surface area contributed by atoms with Crippen LogP contribution in [0.1, 0.15) is 61.9 Å². The number of nitrogens with one attached hydrogen (secondary N) is 2. The lowest BCUT2D eigenvalue weighted by Crippen LogP contribution is -2.42. The number of aromatic nitrogens is 3. The summed E-state index contributed by atoms with van der Waals surface area (Å²) in [7, 11) is 0. The van der Waals surface area contributed by atoms with Crippen molar-refractivity contribution in [2.75, 3.05) is 0 Å². The SMILES string of the molecule is Cc1cc(C)n(-c2ccc(CNC(=O)NC3CCCCCCC3)cn2)n1. The predicted octanol–water partition coefficient (Wildman–Crippen LogP) is 3.80. The summed E-state index contributed by atoms with van der Waals surface area (Å²) in [5.41, 5.74) is 3.00. The van der Waals surface area contributed by atoms with E-state index in [2.05, 4.69) is 20.7 Å². The zero-order valence-corrected chi connectivity index (χ0v) is 15.8. The largest absolute Gasteiger partial charge is 0.335 e. The van der Waals surface area contributed by atoms with Gasteiger partial charge in [0, 0.05) is 24.5 Å². The molecule has 2 N–H and O–H groups in total. The van der Waals surface area contributed by atoms with Crippen LogP contribution in [0.4, 0.5) is 4.79 Å². The number of urea groups is 1. The number of aryl methyl sites for hydroxylation is 2. The highest BCUT2D eigenvalue weighted by Crippen LogP contribution is 2.17. The molecule has 0 radical (unpaired) electrons. The lowest BCUT2D eigenvalue weighted by Gasteiger charge is -2.21. The molecular weight excluding hydrogens is 326 g/mol. The van der Waals surface area contributed by atoms with Gasteiger partial charge in [-0.25, -0.2) is 14.5 Å². The van der Waals surface area contributed by atoms with Crippen LogP contribution in [0, 0.1) is 13.8 Å². The first kappa shape index (κ1) is 18.4. The van der Waals surface area contributed by atoms with Crippen molar-refractivity contribution in [3.63, 3.8) is 0 Å². The Hall–Kier alpha value is -2.37. The summed E-state index contributed by atoms with van der Waals surface area (Å²) < 4.78 is 1.83. The molecule has 6 nitrogen and oxygen atoms in total. The van der Waals surface area contributed by atoms with E-state index >= 15 is 0 Å². The molecule has 0 aromatic carbocycles. The van der Waals surface area contributed by atoms with Crippen LogP contribution in [-0.4, -0.2) is 26.8 Å². The van der Waals surface area contributed by atoms with Gasteiger partial charge in [-0.2, -0.15) is 5.10 Å².